The Morgan fingerprint density at radius 3 is 2.74 bits per heavy atom. The molecule has 6 heteroatoms. The average Bonchev–Trinajstić information content (AvgIpc) is 2.56. The number of amides is 2. The minimum atomic E-state index is -1.63. The van der Waals surface area contributed by atoms with E-state index < -0.39 is 17.4 Å². The highest BCUT2D eigenvalue weighted by atomic mass is 16.5. The number of aromatic nitrogens is 1. The Balaban J connectivity index is 1.80. The summed E-state index contributed by atoms with van der Waals surface area (Å²) in [4.78, 5) is 29.1. The van der Waals surface area contributed by atoms with Crippen molar-refractivity contribution in [2.75, 3.05) is 5.32 Å². The second-order valence-electron chi connectivity index (χ2n) is 5.54. The van der Waals surface area contributed by atoms with E-state index in [0.717, 1.165) is 0 Å². The highest BCUT2D eigenvalue weighted by molar-refractivity contribution is 6.15. The fraction of sp³-hybridized carbons (Fsp3) is 0.235. The first-order chi connectivity index (χ1) is 11.0. The second-order valence-corrected chi connectivity index (χ2v) is 5.54. The van der Waals surface area contributed by atoms with Crippen LogP contribution in [0.3, 0.4) is 0 Å². The van der Waals surface area contributed by atoms with Gasteiger partial charge in [-0.25, -0.2) is 0 Å². The van der Waals surface area contributed by atoms with Crippen LogP contribution in [-0.4, -0.2) is 22.4 Å². The van der Waals surface area contributed by atoms with Crippen LogP contribution in [0, 0.1) is 0 Å². The summed E-state index contributed by atoms with van der Waals surface area (Å²) in [5.74, 6) is -0.542. The molecule has 1 aromatic heterocycles. The standard InChI is InChI=1S/C17H17N3O3/c1-11(12-7-5-6-10-18-12)19-15(21)17(2)16(22)20-13-8-3-4-9-14(13)23-17/h3-11H,1-2H3,(H,19,21)(H,20,22). The minimum Gasteiger partial charge on any atom is -0.466 e. The molecule has 3 rings (SSSR count). The number of carbonyl (C=O) groups is 2. The first-order valence-corrected chi connectivity index (χ1v) is 7.32. The van der Waals surface area contributed by atoms with E-state index in [4.69, 9.17) is 4.74 Å². The van der Waals surface area contributed by atoms with Crippen molar-refractivity contribution in [1.29, 1.82) is 0 Å². The quantitative estimate of drug-likeness (QED) is 0.850. The number of benzene rings is 1. The van der Waals surface area contributed by atoms with Crippen LogP contribution in [0.25, 0.3) is 0 Å². The topological polar surface area (TPSA) is 80.3 Å². The van der Waals surface area contributed by atoms with E-state index in [9.17, 15) is 9.59 Å². The number of ether oxygens (including phenoxy) is 1. The van der Waals surface area contributed by atoms with Gasteiger partial charge in [0.15, 0.2) is 0 Å². The van der Waals surface area contributed by atoms with Crippen molar-refractivity contribution in [2.24, 2.45) is 0 Å². The van der Waals surface area contributed by atoms with Gasteiger partial charge >= 0.3 is 0 Å². The maximum atomic E-state index is 12.6. The molecule has 23 heavy (non-hydrogen) atoms. The molecule has 0 bridgehead atoms. The molecule has 118 valence electrons. The maximum absolute atomic E-state index is 12.6. The number of para-hydroxylation sites is 2. The van der Waals surface area contributed by atoms with Crippen molar-refractivity contribution >= 4 is 17.5 Å². The highest BCUT2D eigenvalue weighted by Gasteiger charge is 2.47. The molecule has 0 fully saturated rings. The molecular weight excluding hydrogens is 294 g/mol. The lowest BCUT2D eigenvalue weighted by atomic mass is 10.0. The number of fused-ring (bicyclic) bond motifs is 1. The van der Waals surface area contributed by atoms with E-state index >= 15 is 0 Å². The first-order valence-electron chi connectivity index (χ1n) is 7.32. The number of pyridine rings is 1. The fourth-order valence-corrected chi connectivity index (χ4v) is 2.36. The van der Waals surface area contributed by atoms with E-state index in [1.807, 2.05) is 12.1 Å². The summed E-state index contributed by atoms with van der Waals surface area (Å²) in [5, 5.41) is 5.48. The van der Waals surface area contributed by atoms with Gasteiger partial charge in [-0.3, -0.25) is 14.6 Å². The van der Waals surface area contributed by atoms with Crippen molar-refractivity contribution in [3.05, 3.63) is 54.4 Å². The minimum absolute atomic E-state index is 0.339. The Hall–Kier alpha value is -2.89. The normalized spacial score (nSPS) is 20.7. The molecule has 0 saturated carbocycles. The third kappa shape index (κ3) is 2.75. The zero-order valence-corrected chi connectivity index (χ0v) is 12.9. The van der Waals surface area contributed by atoms with Gasteiger partial charge in [0, 0.05) is 6.20 Å². The third-order valence-electron chi connectivity index (χ3n) is 3.79. The largest absolute Gasteiger partial charge is 0.466 e. The summed E-state index contributed by atoms with van der Waals surface area (Å²) in [6.07, 6.45) is 1.65. The van der Waals surface area contributed by atoms with Crippen molar-refractivity contribution in [2.45, 2.75) is 25.5 Å². The number of carbonyl (C=O) groups excluding carboxylic acids is 2. The molecule has 2 amide bonds. The predicted molar refractivity (Wildman–Crippen MR) is 84.9 cm³/mol. The monoisotopic (exact) mass is 311 g/mol. The predicted octanol–water partition coefficient (Wildman–Crippen LogP) is 2.05. The molecule has 0 aliphatic carbocycles. The molecule has 0 radical (unpaired) electrons. The summed E-state index contributed by atoms with van der Waals surface area (Å²) in [5.41, 5.74) is -0.362. The zero-order valence-electron chi connectivity index (χ0n) is 12.9. The lowest BCUT2D eigenvalue weighted by molar-refractivity contribution is -0.147. The molecule has 6 nitrogen and oxygen atoms in total. The van der Waals surface area contributed by atoms with Gasteiger partial charge in [-0.1, -0.05) is 18.2 Å². The summed E-state index contributed by atoms with van der Waals surface area (Å²) in [6, 6.07) is 12.1. The number of rotatable bonds is 3. The van der Waals surface area contributed by atoms with Crippen molar-refractivity contribution < 1.29 is 14.3 Å². The second kappa shape index (κ2) is 5.72. The third-order valence-corrected chi connectivity index (χ3v) is 3.79. The number of nitrogens with one attached hydrogen (secondary N) is 2. The van der Waals surface area contributed by atoms with Gasteiger partial charge < -0.3 is 15.4 Å². The summed E-state index contributed by atoms with van der Waals surface area (Å²) in [6.45, 7) is 3.26. The fourth-order valence-electron chi connectivity index (χ4n) is 2.36. The molecule has 1 aromatic carbocycles. The van der Waals surface area contributed by atoms with Gasteiger partial charge in [-0.15, -0.1) is 0 Å². The molecule has 1 aliphatic rings. The molecular formula is C17H17N3O3. The van der Waals surface area contributed by atoms with Crippen molar-refractivity contribution in [3.63, 3.8) is 0 Å². The summed E-state index contributed by atoms with van der Waals surface area (Å²) in [7, 11) is 0. The molecule has 0 spiro atoms. The number of hydrogen-bond acceptors (Lipinski definition) is 4. The van der Waals surface area contributed by atoms with E-state index in [2.05, 4.69) is 15.6 Å². The zero-order chi connectivity index (χ0) is 16.4. The van der Waals surface area contributed by atoms with Gasteiger partial charge in [-0.2, -0.15) is 0 Å². The molecule has 2 heterocycles. The van der Waals surface area contributed by atoms with Gasteiger partial charge in [0.1, 0.15) is 5.75 Å². The van der Waals surface area contributed by atoms with Crippen LogP contribution in [0.15, 0.2) is 48.7 Å². The van der Waals surface area contributed by atoms with Crippen LogP contribution in [0.1, 0.15) is 25.6 Å². The number of anilines is 1. The van der Waals surface area contributed by atoms with E-state index in [1.54, 1.807) is 43.5 Å². The Labute approximate surface area is 133 Å². The Morgan fingerprint density at radius 1 is 1.26 bits per heavy atom. The molecule has 2 N–H and O–H groups in total. The van der Waals surface area contributed by atoms with Crippen molar-refractivity contribution in [1.82, 2.24) is 10.3 Å². The van der Waals surface area contributed by atoms with E-state index in [0.29, 0.717) is 17.1 Å². The molecule has 1 aliphatic heterocycles. The molecule has 2 aromatic rings. The van der Waals surface area contributed by atoms with E-state index in [-0.39, 0.29) is 6.04 Å². The number of hydrogen-bond donors (Lipinski definition) is 2. The van der Waals surface area contributed by atoms with E-state index in [1.165, 1.54) is 6.92 Å². The first kappa shape index (κ1) is 15.0. The van der Waals surface area contributed by atoms with Crippen LogP contribution in [0.5, 0.6) is 5.75 Å². The Kier molecular flexibility index (Phi) is 3.73. The van der Waals surface area contributed by atoms with Gasteiger partial charge in [0.2, 0.25) is 0 Å². The maximum Gasteiger partial charge on any atom is 0.278 e. The highest BCUT2D eigenvalue weighted by Crippen LogP contribution is 2.33. The Bertz CT molecular complexity index is 748. The van der Waals surface area contributed by atoms with Crippen LogP contribution < -0.4 is 15.4 Å². The van der Waals surface area contributed by atoms with Crippen LogP contribution in [-0.2, 0) is 9.59 Å². The number of nitrogens with zero attached hydrogens (tertiary/aromatic N) is 1. The molecule has 0 saturated heterocycles. The smallest absolute Gasteiger partial charge is 0.278 e. The average molecular weight is 311 g/mol. The summed E-state index contributed by atoms with van der Waals surface area (Å²) >= 11 is 0. The lowest BCUT2D eigenvalue weighted by Gasteiger charge is -2.34. The molecule has 2 unspecified atom stereocenters. The Morgan fingerprint density at radius 2 is 2.00 bits per heavy atom. The SMILES string of the molecule is CC(NC(=O)C1(C)Oc2ccccc2NC1=O)c1ccccn1. The van der Waals surface area contributed by atoms with Crippen LogP contribution in [0.4, 0.5) is 5.69 Å². The van der Waals surface area contributed by atoms with Crippen molar-refractivity contribution in [3.8, 4) is 5.75 Å². The van der Waals surface area contributed by atoms with Crippen LogP contribution >= 0.6 is 0 Å². The lowest BCUT2D eigenvalue weighted by Crippen LogP contribution is -2.59. The van der Waals surface area contributed by atoms with Gasteiger partial charge in [0.05, 0.1) is 17.4 Å². The molecule has 2 atom stereocenters. The summed E-state index contributed by atoms with van der Waals surface area (Å²) < 4.78 is 5.69. The van der Waals surface area contributed by atoms with Crippen LogP contribution in [0.2, 0.25) is 0 Å². The van der Waals surface area contributed by atoms with Gasteiger partial charge in [-0.05, 0) is 38.1 Å². The van der Waals surface area contributed by atoms with Gasteiger partial charge in [0.25, 0.3) is 17.4 Å².